The summed E-state index contributed by atoms with van der Waals surface area (Å²) in [6, 6.07) is 7.19. The summed E-state index contributed by atoms with van der Waals surface area (Å²) >= 11 is 0. The zero-order valence-corrected chi connectivity index (χ0v) is 12.3. The summed E-state index contributed by atoms with van der Waals surface area (Å²) in [5.41, 5.74) is 1.51. The van der Waals surface area contributed by atoms with Crippen LogP contribution in [0.4, 0.5) is 10.5 Å². The number of urea groups is 1. The predicted octanol–water partition coefficient (Wildman–Crippen LogP) is 2.28. The quantitative estimate of drug-likeness (QED) is 0.799. The van der Waals surface area contributed by atoms with Gasteiger partial charge in [-0.3, -0.25) is 0 Å². The molecule has 1 aromatic heterocycles. The predicted molar refractivity (Wildman–Crippen MR) is 80.4 cm³/mol. The van der Waals surface area contributed by atoms with Crippen molar-refractivity contribution in [2.24, 2.45) is 0 Å². The van der Waals surface area contributed by atoms with Gasteiger partial charge in [0, 0.05) is 12.2 Å². The molecule has 0 aliphatic rings. The molecule has 1 aromatic carbocycles. The number of aryl methyl sites for hydroxylation is 1. The fraction of sp³-hybridized carbons (Fsp3) is 0.429. The average Bonchev–Trinajstić information content (AvgIpc) is 2.90. The molecule has 2 rings (SSSR count). The maximum atomic E-state index is 11.8. The molecule has 0 aliphatic heterocycles. The Morgan fingerprint density at radius 1 is 1.33 bits per heavy atom. The summed E-state index contributed by atoms with van der Waals surface area (Å²) in [6.07, 6.45) is 3.25. The van der Waals surface area contributed by atoms with Gasteiger partial charge in [0.25, 0.3) is 0 Å². The van der Waals surface area contributed by atoms with Crippen molar-refractivity contribution in [2.45, 2.75) is 33.1 Å². The van der Waals surface area contributed by atoms with Crippen LogP contribution in [0.5, 0.6) is 0 Å². The Hall–Kier alpha value is -2.44. The monoisotopic (exact) mass is 288 g/mol. The van der Waals surface area contributed by atoms with Gasteiger partial charge in [-0.25, -0.2) is 4.79 Å². The first-order valence-electron chi connectivity index (χ1n) is 7.11. The molecule has 2 amide bonds. The number of rotatable bonds is 6. The standard InChI is InChI=1S/C14H20N6O/c1-3-4-5-9-15-14(21)16-12-7-6-8-13(10-12)20-11(2)17-18-19-20/h6-8,10H,3-5,9H2,1-2H3,(H2,15,16,21). The molecule has 21 heavy (non-hydrogen) atoms. The van der Waals surface area contributed by atoms with Gasteiger partial charge in [-0.05, 0) is 42.0 Å². The van der Waals surface area contributed by atoms with E-state index < -0.39 is 0 Å². The Morgan fingerprint density at radius 3 is 2.90 bits per heavy atom. The summed E-state index contributed by atoms with van der Waals surface area (Å²) in [7, 11) is 0. The first kappa shape index (κ1) is 15.0. The second-order valence-corrected chi connectivity index (χ2v) is 4.78. The SMILES string of the molecule is CCCCCNC(=O)Nc1cccc(-n2nnnc2C)c1. The van der Waals surface area contributed by atoms with Crippen LogP contribution in [-0.2, 0) is 0 Å². The van der Waals surface area contributed by atoms with Gasteiger partial charge >= 0.3 is 6.03 Å². The molecule has 0 bridgehead atoms. The van der Waals surface area contributed by atoms with Gasteiger partial charge in [0.05, 0.1) is 5.69 Å². The van der Waals surface area contributed by atoms with E-state index in [0.29, 0.717) is 18.1 Å². The minimum absolute atomic E-state index is 0.198. The summed E-state index contributed by atoms with van der Waals surface area (Å²) in [6.45, 7) is 4.64. The van der Waals surface area contributed by atoms with Crippen molar-refractivity contribution in [1.82, 2.24) is 25.5 Å². The number of benzene rings is 1. The van der Waals surface area contributed by atoms with Crippen LogP contribution >= 0.6 is 0 Å². The molecule has 7 heteroatoms. The number of unbranched alkanes of at least 4 members (excludes halogenated alkanes) is 2. The third-order valence-electron chi connectivity index (χ3n) is 3.04. The van der Waals surface area contributed by atoms with Crippen LogP contribution in [0.2, 0.25) is 0 Å². The maximum Gasteiger partial charge on any atom is 0.319 e. The molecule has 7 nitrogen and oxygen atoms in total. The number of carbonyl (C=O) groups is 1. The van der Waals surface area contributed by atoms with Gasteiger partial charge in [-0.15, -0.1) is 5.10 Å². The normalized spacial score (nSPS) is 10.4. The summed E-state index contributed by atoms with van der Waals surface area (Å²) in [5, 5.41) is 17.0. The number of tetrazole rings is 1. The molecular weight excluding hydrogens is 268 g/mol. The van der Waals surface area contributed by atoms with Crippen LogP contribution in [0.15, 0.2) is 24.3 Å². The Kier molecular flexibility index (Phi) is 5.25. The molecule has 0 saturated carbocycles. The minimum Gasteiger partial charge on any atom is -0.338 e. The third kappa shape index (κ3) is 4.27. The zero-order valence-electron chi connectivity index (χ0n) is 12.3. The highest BCUT2D eigenvalue weighted by Gasteiger charge is 2.06. The number of hydrogen-bond donors (Lipinski definition) is 2. The molecule has 0 unspecified atom stereocenters. The van der Waals surface area contributed by atoms with Crippen LogP contribution < -0.4 is 10.6 Å². The molecule has 0 fully saturated rings. The van der Waals surface area contributed by atoms with Crippen LogP contribution in [0.25, 0.3) is 5.69 Å². The fourth-order valence-electron chi connectivity index (χ4n) is 1.94. The first-order chi connectivity index (χ1) is 10.2. The van der Waals surface area contributed by atoms with Crippen molar-refractivity contribution in [2.75, 3.05) is 11.9 Å². The lowest BCUT2D eigenvalue weighted by atomic mass is 10.2. The van der Waals surface area contributed by atoms with Crippen LogP contribution in [0.1, 0.15) is 32.0 Å². The van der Waals surface area contributed by atoms with Crippen molar-refractivity contribution in [3.63, 3.8) is 0 Å². The highest BCUT2D eigenvalue weighted by Crippen LogP contribution is 2.14. The summed E-state index contributed by atoms with van der Waals surface area (Å²) in [5.74, 6) is 0.691. The van der Waals surface area contributed by atoms with Gasteiger partial charge in [0.15, 0.2) is 5.82 Å². The molecule has 112 valence electrons. The van der Waals surface area contributed by atoms with E-state index in [4.69, 9.17) is 0 Å². The van der Waals surface area contributed by atoms with Gasteiger partial charge < -0.3 is 10.6 Å². The van der Waals surface area contributed by atoms with E-state index in [-0.39, 0.29) is 6.03 Å². The molecule has 0 spiro atoms. The van der Waals surface area contributed by atoms with Crippen molar-refractivity contribution in [3.8, 4) is 5.69 Å². The molecular formula is C14H20N6O. The number of carbonyl (C=O) groups excluding carboxylic acids is 1. The molecule has 0 radical (unpaired) electrons. The van der Waals surface area contributed by atoms with Gasteiger partial charge in [-0.1, -0.05) is 25.8 Å². The van der Waals surface area contributed by atoms with Crippen molar-refractivity contribution >= 4 is 11.7 Å². The third-order valence-corrected chi connectivity index (χ3v) is 3.04. The molecule has 0 aliphatic carbocycles. The molecule has 2 aromatic rings. The summed E-state index contributed by atoms with van der Waals surface area (Å²) in [4.78, 5) is 11.8. The lowest BCUT2D eigenvalue weighted by molar-refractivity contribution is 0.252. The fourth-order valence-corrected chi connectivity index (χ4v) is 1.94. The number of hydrogen-bond acceptors (Lipinski definition) is 4. The van der Waals surface area contributed by atoms with E-state index in [0.717, 1.165) is 24.9 Å². The Balaban J connectivity index is 1.95. The van der Waals surface area contributed by atoms with Crippen molar-refractivity contribution in [3.05, 3.63) is 30.1 Å². The van der Waals surface area contributed by atoms with E-state index in [9.17, 15) is 4.79 Å². The Bertz CT molecular complexity index is 595. The lowest BCUT2D eigenvalue weighted by Gasteiger charge is -2.09. The molecule has 0 atom stereocenters. The van der Waals surface area contributed by atoms with Crippen molar-refractivity contribution in [1.29, 1.82) is 0 Å². The largest absolute Gasteiger partial charge is 0.338 e. The van der Waals surface area contributed by atoms with E-state index in [1.165, 1.54) is 0 Å². The molecule has 0 saturated heterocycles. The van der Waals surface area contributed by atoms with Crippen molar-refractivity contribution < 1.29 is 4.79 Å². The first-order valence-corrected chi connectivity index (χ1v) is 7.11. The van der Waals surface area contributed by atoms with Crippen LogP contribution in [0.3, 0.4) is 0 Å². The number of anilines is 1. The lowest BCUT2D eigenvalue weighted by Crippen LogP contribution is -2.29. The number of amides is 2. The molecule has 2 N–H and O–H groups in total. The van der Waals surface area contributed by atoms with Gasteiger partial charge in [-0.2, -0.15) is 4.68 Å². The number of nitrogens with zero attached hydrogens (tertiary/aromatic N) is 4. The second-order valence-electron chi connectivity index (χ2n) is 4.78. The smallest absolute Gasteiger partial charge is 0.319 e. The second kappa shape index (κ2) is 7.37. The van der Waals surface area contributed by atoms with E-state index in [2.05, 4.69) is 33.1 Å². The average molecular weight is 288 g/mol. The summed E-state index contributed by atoms with van der Waals surface area (Å²) < 4.78 is 1.62. The van der Waals surface area contributed by atoms with Crippen LogP contribution in [-0.4, -0.2) is 32.8 Å². The van der Waals surface area contributed by atoms with E-state index in [1.54, 1.807) is 4.68 Å². The Morgan fingerprint density at radius 2 is 2.19 bits per heavy atom. The van der Waals surface area contributed by atoms with E-state index in [1.807, 2.05) is 31.2 Å². The zero-order chi connectivity index (χ0) is 15.1. The highest BCUT2D eigenvalue weighted by atomic mass is 16.2. The maximum absolute atomic E-state index is 11.8. The number of aromatic nitrogens is 4. The Labute approximate surface area is 123 Å². The minimum atomic E-state index is -0.198. The van der Waals surface area contributed by atoms with E-state index >= 15 is 0 Å². The van der Waals surface area contributed by atoms with Gasteiger partial charge in [0.1, 0.15) is 0 Å². The van der Waals surface area contributed by atoms with Gasteiger partial charge in [0.2, 0.25) is 0 Å². The number of nitrogens with one attached hydrogen (secondary N) is 2. The van der Waals surface area contributed by atoms with Crippen LogP contribution in [0, 0.1) is 6.92 Å². The molecule has 1 heterocycles. The highest BCUT2D eigenvalue weighted by molar-refractivity contribution is 5.89. The topological polar surface area (TPSA) is 84.7 Å².